The highest BCUT2D eigenvalue weighted by atomic mass is 32.1. The fourth-order valence-corrected chi connectivity index (χ4v) is 2.70. The van der Waals surface area contributed by atoms with Crippen molar-refractivity contribution in [2.24, 2.45) is 0 Å². The van der Waals surface area contributed by atoms with E-state index in [1.54, 1.807) is 11.3 Å². The summed E-state index contributed by atoms with van der Waals surface area (Å²) < 4.78 is 2.78. The maximum atomic E-state index is 5.24. The van der Waals surface area contributed by atoms with Gasteiger partial charge in [0.05, 0.1) is 6.04 Å². The average molecular weight is 239 g/mol. The molecule has 0 saturated heterocycles. The van der Waals surface area contributed by atoms with Gasteiger partial charge in [0, 0.05) is 6.42 Å². The molecule has 1 unspecified atom stereocenters. The minimum atomic E-state index is 0.262. The fourth-order valence-electron chi connectivity index (χ4n) is 1.65. The lowest BCUT2D eigenvalue weighted by atomic mass is 10.2. The quantitative estimate of drug-likeness (QED) is 0.835. The van der Waals surface area contributed by atoms with Crippen LogP contribution in [0.2, 0.25) is 0 Å². The molecule has 2 heterocycles. The van der Waals surface area contributed by atoms with Crippen molar-refractivity contribution in [1.29, 1.82) is 0 Å². The first kappa shape index (κ1) is 10.6. The summed E-state index contributed by atoms with van der Waals surface area (Å²) in [5.74, 6) is 1.01. The van der Waals surface area contributed by atoms with Gasteiger partial charge in [0.15, 0.2) is 4.77 Å². The SMILES string of the molecule is CCc1n[nH]c(=S)n1C(C)c1ccsc1. The molecule has 0 saturated carbocycles. The van der Waals surface area contributed by atoms with Crippen LogP contribution in [-0.2, 0) is 6.42 Å². The van der Waals surface area contributed by atoms with E-state index in [2.05, 4.69) is 45.4 Å². The van der Waals surface area contributed by atoms with Gasteiger partial charge in [0.2, 0.25) is 0 Å². The van der Waals surface area contributed by atoms with Crippen molar-refractivity contribution < 1.29 is 0 Å². The molecular formula is C10H13N3S2. The molecule has 2 aromatic rings. The summed E-state index contributed by atoms with van der Waals surface area (Å²) in [6, 6.07) is 2.39. The van der Waals surface area contributed by atoms with E-state index in [0.717, 1.165) is 12.2 Å². The molecule has 3 nitrogen and oxygen atoms in total. The number of thiophene rings is 1. The van der Waals surface area contributed by atoms with Gasteiger partial charge in [0.1, 0.15) is 5.82 Å². The Morgan fingerprint density at radius 1 is 1.67 bits per heavy atom. The second-order valence-corrected chi connectivity index (χ2v) is 4.57. The molecule has 1 atom stereocenters. The van der Waals surface area contributed by atoms with Gasteiger partial charge in [-0.05, 0) is 41.5 Å². The monoisotopic (exact) mass is 239 g/mol. The number of hydrogen-bond donors (Lipinski definition) is 1. The van der Waals surface area contributed by atoms with Gasteiger partial charge in [-0.2, -0.15) is 16.4 Å². The Labute approximate surface area is 97.8 Å². The van der Waals surface area contributed by atoms with Crippen molar-refractivity contribution in [2.75, 3.05) is 0 Å². The van der Waals surface area contributed by atoms with E-state index >= 15 is 0 Å². The Morgan fingerprint density at radius 3 is 3.07 bits per heavy atom. The number of nitrogens with one attached hydrogen (secondary N) is 1. The standard InChI is InChI=1S/C10H13N3S2/c1-3-9-11-12-10(14)13(9)7(2)8-4-5-15-6-8/h4-7H,3H2,1-2H3,(H,12,14). The van der Waals surface area contributed by atoms with Crippen LogP contribution in [-0.4, -0.2) is 14.8 Å². The second-order valence-electron chi connectivity index (χ2n) is 3.40. The summed E-state index contributed by atoms with van der Waals surface area (Å²) in [5, 5.41) is 11.3. The van der Waals surface area contributed by atoms with E-state index in [9.17, 15) is 0 Å². The molecule has 1 N–H and O–H groups in total. The van der Waals surface area contributed by atoms with Gasteiger partial charge >= 0.3 is 0 Å². The van der Waals surface area contributed by atoms with Gasteiger partial charge in [-0.1, -0.05) is 6.92 Å². The molecule has 0 spiro atoms. The third-order valence-corrected chi connectivity index (χ3v) is 3.50. The molecule has 15 heavy (non-hydrogen) atoms. The molecule has 0 amide bonds. The Morgan fingerprint density at radius 2 is 2.47 bits per heavy atom. The summed E-state index contributed by atoms with van der Waals surface area (Å²) in [5.41, 5.74) is 1.28. The van der Waals surface area contributed by atoms with Crippen LogP contribution in [0, 0.1) is 4.77 Å². The lowest BCUT2D eigenvalue weighted by Crippen LogP contribution is -2.09. The smallest absolute Gasteiger partial charge is 0.195 e. The molecule has 2 rings (SSSR count). The molecule has 0 aromatic carbocycles. The highest BCUT2D eigenvalue weighted by Crippen LogP contribution is 2.21. The van der Waals surface area contributed by atoms with Gasteiger partial charge in [-0.25, -0.2) is 0 Å². The van der Waals surface area contributed by atoms with Crippen molar-refractivity contribution in [3.05, 3.63) is 33.0 Å². The van der Waals surface area contributed by atoms with Crippen molar-refractivity contribution in [1.82, 2.24) is 14.8 Å². The van der Waals surface area contributed by atoms with E-state index in [1.165, 1.54) is 5.56 Å². The predicted octanol–water partition coefficient (Wildman–Crippen LogP) is 3.17. The lowest BCUT2D eigenvalue weighted by molar-refractivity contribution is 0.600. The Balaban J connectivity index is 2.45. The van der Waals surface area contributed by atoms with Crippen molar-refractivity contribution in [3.63, 3.8) is 0 Å². The van der Waals surface area contributed by atoms with Crippen LogP contribution < -0.4 is 0 Å². The van der Waals surface area contributed by atoms with Crippen LogP contribution >= 0.6 is 23.6 Å². The van der Waals surface area contributed by atoms with Gasteiger partial charge in [0.25, 0.3) is 0 Å². The average Bonchev–Trinajstić information content (AvgIpc) is 2.85. The van der Waals surface area contributed by atoms with Gasteiger partial charge in [-0.15, -0.1) is 0 Å². The highest BCUT2D eigenvalue weighted by molar-refractivity contribution is 7.71. The highest BCUT2D eigenvalue weighted by Gasteiger charge is 2.13. The number of aryl methyl sites for hydroxylation is 1. The molecule has 0 aliphatic rings. The summed E-state index contributed by atoms with van der Waals surface area (Å²) in [4.78, 5) is 0. The molecular weight excluding hydrogens is 226 g/mol. The normalized spacial score (nSPS) is 12.9. The largest absolute Gasteiger partial charge is 0.297 e. The molecule has 5 heteroatoms. The zero-order valence-corrected chi connectivity index (χ0v) is 10.4. The van der Waals surface area contributed by atoms with Crippen LogP contribution in [0.25, 0.3) is 0 Å². The van der Waals surface area contributed by atoms with Crippen LogP contribution in [0.4, 0.5) is 0 Å². The molecule has 0 bridgehead atoms. The summed E-state index contributed by atoms with van der Waals surface area (Å²) in [6.07, 6.45) is 0.890. The minimum absolute atomic E-state index is 0.262. The number of nitrogens with zero attached hydrogens (tertiary/aromatic N) is 2. The zero-order valence-electron chi connectivity index (χ0n) is 8.73. The Kier molecular flexibility index (Phi) is 3.02. The van der Waals surface area contributed by atoms with Crippen LogP contribution in [0.3, 0.4) is 0 Å². The van der Waals surface area contributed by atoms with Gasteiger partial charge in [-0.3, -0.25) is 9.67 Å². The van der Waals surface area contributed by atoms with E-state index in [-0.39, 0.29) is 6.04 Å². The fraction of sp³-hybridized carbons (Fsp3) is 0.400. The number of aromatic amines is 1. The van der Waals surface area contributed by atoms with Crippen molar-refractivity contribution in [3.8, 4) is 0 Å². The summed E-state index contributed by atoms with van der Waals surface area (Å²) in [7, 11) is 0. The third-order valence-electron chi connectivity index (χ3n) is 2.51. The molecule has 0 aliphatic carbocycles. The van der Waals surface area contributed by atoms with Crippen molar-refractivity contribution >= 4 is 23.6 Å². The molecule has 0 fully saturated rings. The molecule has 80 valence electrons. The lowest BCUT2D eigenvalue weighted by Gasteiger charge is -2.13. The first-order valence-corrected chi connectivity index (χ1v) is 6.27. The van der Waals surface area contributed by atoms with Gasteiger partial charge < -0.3 is 0 Å². The number of H-pyrrole nitrogens is 1. The number of rotatable bonds is 3. The van der Waals surface area contributed by atoms with E-state index in [1.807, 2.05) is 0 Å². The first-order chi connectivity index (χ1) is 7.24. The topological polar surface area (TPSA) is 33.6 Å². The van der Waals surface area contributed by atoms with E-state index in [4.69, 9.17) is 12.2 Å². The Hall–Kier alpha value is -0.940. The number of hydrogen-bond acceptors (Lipinski definition) is 3. The maximum absolute atomic E-state index is 5.24. The van der Waals surface area contributed by atoms with E-state index < -0.39 is 0 Å². The van der Waals surface area contributed by atoms with E-state index in [0.29, 0.717) is 4.77 Å². The molecule has 2 aromatic heterocycles. The van der Waals surface area contributed by atoms with Crippen molar-refractivity contribution in [2.45, 2.75) is 26.3 Å². The first-order valence-electron chi connectivity index (χ1n) is 4.92. The summed E-state index contributed by atoms with van der Waals surface area (Å²) >= 11 is 6.94. The second kappa shape index (κ2) is 4.28. The molecule has 0 radical (unpaired) electrons. The minimum Gasteiger partial charge on any atom is -0.297 e. The van der Waals surface area contributed by atoms with Crippen LogP contribution in [0.15, 0.2) is 16.8 Å². The molecule has 0 aliphatic heterocycles. The third kappa shape index (κ3) is 1.89. The van der Waals surface area contributed by atoms with Crippen LogP contribution in [0.5, 0.6) is 0 Å². The summed E-state index contributed by atoms with van der Waals surface area (Å²) in [6.45, 7) is 4.23. The maximum Gasteiger partial charge on any atom is 0.195 e. The Bertz CT molecular complexity index is 481. The van der Waals surface area contributed by atoms with Crippen LogP contribution in [0.1, 0.15) is 31.3 Å². The number of aromatic nitrogens is 3. The zero-order chi connectivity index (χ0) is 10.8. The predicted molar refractivity (Wildman–Crippen MR) is 64.9 cm³/mol.